The maximum atomic E-state index is 5.90. The van der Waals surface area contributed by atoms with Crippen LogP contribution in [-0.4, -0.2) is 24.2 Å². The van der Waals surface area contributed by atoms with E-state index in [1.165, 1.54) is 25.7 Å². The van der Waals surface area contributed by atoms with Gasteiger partial charge in [-0.05, 0) is 44.6 Å². The SMILES string of the molecule is CCOc1cc(NC2CCCC(SC)C2)ccc1N. The zero-order valence-corrected chi connectivity index (χ0v) is 12.6. The van der Waals surface area contributed by atoms with E-state index in [1.807, 2.05) is 36.9 Å². The summed E-state index contributed by atoms with van der Waals surface area (Å²) in [6.45, 7) is 2.62. The van der Waals surface area contributed by atoms with E-state index in [9.17, 15) is 0 Å². The molecule has 2 unspecified atom stereocenters. The Kier molecular flexibility index (Phi) is 5.25. The molecule has 3 N–H and O–H groups in total. The van der Waals surface area contributed by atoms with Crippen molar-refractivity contribution in [2.45, 2.75) is 43.9 Å². The lowest BCUT2D eigenvalue weighted by Crippen LogP contribution is -2.28. The first-order valence-electron chi connectivity index (χ1n) is 7.04. The molecule has 19 heavy (non-hydrogen) atoms. The van der Waals surface area contributed by atoms with Crippen molar-refractivity contribution >= 4 is 23.1 Å². The van der Waals surface area contributed by atoms with Crippen LogP contribution in [0.1, 0.15) is 32.6 Å². The third-order valence-electron chi connectivity index (χ3n) is 3.64. The topological polar surface area (TPSA) is 47.3 Å². The van der Waals surface area contributed by atoms with Crippen molar-refractivity contribution < 1.29 is 4.74 Å². The molecule has 1 saturated carbocycles. The summed E-state index contributed by atoms with van der Waals surface area (Å²) in [5.74, 6) is 0.782. The molecule has 1 aliphatic rings. The van der Waals surface area contributed by atoms with Gasteiger partial charge in [0.25, 0.3) is 0 Å². The smallest absolute Gasteiger partial charge is 0.144 e. The van der Waals surface area contributed by atoms with Crippen LogP contribution < -0.4 is 15.8 Å². The number of thioether (sulfide) groups is 1. The van der Waals surface area contributed by atoms with Gasteiger partial charge in [-0.1, -0.05) is 6.42 Å². The van der Waals surface area contributed by atoms with E-state index in [1.54, 1.807) is 0 Å². The first kappa shape index (κ1) is 14.4. The fourth-order valence-corrected chi connectivity index (χ4v) is 3.46. The molecular weight excluding hydrogens is 256 g/mol. The van der Waals surface area contributed by atoms with Crippen LogP contribution in [0, 0.1) is 0 Å². The fraction of sp³-hybridized carbons (Fsp3) is 0.600. The molecule has 0 amide bonds. The third-order valence-corrected chi connectivity index (χ3v) is 4.74. The Labute approximate surface area is 120 Å². The Morgan fingerprint density at radius 1 is 1.42 bits per heavy atom. The van der Waals surface area contributed by atoms with Crippen LogP contribution in [0.4, 0.5) is 11.4 Å². The molecule has 0 heterocycles. The van der Waals surface area contributed by atoms with Crippen LogP contribution >= 0.6 is 11.8 Å². The lowest BCUT2D eigenvalue weighted by Gasteiger charge is -2.29. The molecule has 1 aliphatic carbocycles. The monoisotopic (exact) mass is 280 g/mol. The number of rotatable bonds is 5. The molecule has 4 heteroatoms. The van der Waals surface area contributed by atoms with Gasteiger partial charge in [-0.15, -0.1) is 0 Å². The van der Waals surface area contributed by atoms with Crippen LogP contribution in [0.5, 0.6) is 5.75 Å². The van der Waals surface area contributed by atoms with E-state index in [2.05, 4.69) is 11.6 Å². The minimum atomic E-state index is 0.573. The van der Waals surface area contributed by atoms with Crippen LogP contribution in [-0.2, 0) is 0 Å². The van der Waals surface area contributed by atoms with E-state index in [4.69, 9.17) is 10.5 Å². The normalized spacial score (nSPS) is 23.1. The number of ether oxygens (including phenoxy) is 1. The average Bonchev–Trinajstić information content (AvgIpc) is 2.43. The lowest BCUT2D eigenvalue weighted by molar-refractivity contribution is 0.342. The van der Waals surface area contributed by atoms with Crippen molar-refractivity contribution in [2.75, 3.05) is 23.9 Å². The summed E-state index contributed by atoms with van der Waals surface area (Å²) in [5, 5.41) is 4.42. The van der Waals surface area contributed by atoms with E-state index in [-0.39, 0.29) is 0 Å². The van der Waals surface area contributed by atoms with E-state index in [0.29, 0.717) is 18.3 Å². The molecule has 2 rings (SSSR count). The van der Waals surface area contributed by atoms with Gasteiger partial charge < -0.3 is 15.8 Å². The molecular formula is C15H24N2OS. The number of benzene rings is 1. The summed E-state index contributed by atoms with van der Waals surface area (Å²) in [4.78, 5) is 0. The first-order chi connectivity index (χ1) is 9.22. The summed E-state index contributed by atoms with van der Waals surface area (Å²) >= 11 is 1.99. The van der Waals surface area contributed by atoms with Gasteiger partial charge in [0.2, 0.25) is 0 Å². The van der Waals surface area contributed by atoms with Crippen LogP contribution in [0.15, 0.2) is 18.2 Å². The number of anilines is 2. The van der Waals surface area contributed by atoms with Crippen LogP contribution in [0.25, 0.3) is 0 Å². The molecule has 0 radical (unpaired) electrons. The van der Waals surface area contributed by atoms with Gasteiger partial charge >= 0.3 is 0 Å². The number of nitrogens with two attached hydrogens (primary N) is 1. The minimum Gasteiger partial charge on any atom is -0.492 e. The second kappa shape index (κ2) is 6.94. The number of hydrogen-bond donors (Lipinski definition) is 2. The molecule has 2 atom stereocenters. The molecule has 0 bridgehead atoms. The van der Waals surface area contributed by atoms with Crippen molar-refractivity contribution in [1.82, 2.24) is 0 Å². The molecule has 1 fully saturated rings. The van der Waals surface area contributed by atoms with Crippen LogP contribution in [0.2, 0.25) is 0 Å². The van der Waals surface area contributed by atoms with Crippen molar-refractivity contribution in [3.63, 3.8) is 0 Å². The maximum Gasteiger partial charge on any atom is 0.144 e. The van der Waals surface area contributed by atoms with Gasteiger partial charge in [-0.2, -0.15) is 11.8 Å². The zero-order valence-electron chi connectivity index (χ0n) is 11.8. The predicted octanol–water partition coefficient (Wildman–Crippen LogP) is 3.75. The summed E-state index contributed by atoms with van der Waals surface area (Å²) in [6, 6.07) is 6.55. The van der Waals surface area contributed by atoms with Gasteiger partial charge in [0.1, 0.15) is 5.75 Å². The molecule has 0 saturated heterocycles. The molecule has 0 aliphatic heterocycles. The van der Waals surface area contributed by atoms with Gasteiger partial charge in [0, 0.05) is 23.0 Å². The van der Waals surface area contributed by atoms with E-state index < -0.39 is 0 Å². The van der Waals surface area contributed by atoms with Gasteiger partial charge in [0.05, 0.1) is 12.3 Å². The third kappa shape index (κ3) is 3.96. The highest BCUT2D eigenvalue weighted by molar-refractivity contribution is 7.99. The van der Waals surface area contributed by atoms with Crippen molar-refractivity contribution in [3.8, 4) is 5.75 Å². The molecule has 3 nitrogen and oxygen atoms in total. The Morgan fingerprint density at radius 3 is 3.00 bits per heavy atom. The Hall–Kier alpha value is -1.03. The Morgan fingerprint density at radius 2 is 2.26 bits per heavy atom. The highest BCUT2D eigenvalue weighted by atomic mass is 32.2. The summed E-state index contributed by atoms with van der Waals surface area (Å²) in [7, 11) is 0. The van der Waals surface area contributed by atoms with E-state index >= 15 is 0 Å². The summed E-state index contributed by atoms with van der Waals surface area (Å²) in [6.07, 6.45) is 7.38. The molecule has 1 aromatic rings. The van der Waals surface area contributed by atoms with Crippen molar-refractivity contribution in [1.29, 1.82) is 0 Å². The molecule has 106 valence electrons. The molecule has 0 spiro atoms. The summed E-state index contributed by atoms with van der Waals surface area (Å²) < 4.78 is 5.54. The number of hydrogen-bond acceptors (Lipinski definition) is 4. The van der Waals surface area contributed by atoms with Gasteiger partial charge in [-0.25, -0.2) is 0 Å². The largest absolute Gasteiger partial charge is 0.492 e. The van der Waals surface area contributed by atoms with E-state index in [0.717, 1.165) is 16.7 Å². The van der Waals surface area contributed by atoms with Crippen LogP contribution in [0.3, 0.4) is 0 Å². The minimum absolute atomic E-state index is 0.573. The second-order valence-electron chi connectivity index (χ2n) is 5.05. The summed E-state index contributed by atoms with van der Waals surface area (Å²) in [5.41, 5.74) is 7.72. The standard InChI is InChI=1S/C15H24N2OS/c1-3-18-15-10-12(7-8-14(15)16)17-11-5-4-6-13(9-11)19-2/h7-8,10-11,13,17H,3-6,9,16H2,1-2H3. The average molecular weight is 280 g/mol. The van der Waals surface area contributed by atoms with Gasteiger partial charge in [0.15, 0.2) is 0 Å². The highest BCUT2D eigenvalue weighted by Crippen LogP contribution is 2.31. The molecule has 0 aromatic heterocycles. The number of nitrogens with one attached hydrogen (secondary N) is 1. The molecule has 1 aromatic carbocycles. The van der Waals surface area contributed by atoms with Crippen molar-refractivity contribution in [3.05, 3.63) is 18.2 Å². The zero-order chi connectivity index (χ0) is 13.7. The first-order valence-corrected chi connectivity index (χ1v) is 8.33. The second-order valence-corrected chi connectivity index (χ2v) is 6.19. The number of nitrogen functional groups attached to an aromatic ring is 1. The Balaban J connectivity index is 2.00. The van der Waals surface area contributed by atoms with Crippen molar-refractivity contribution in [2.24, 2.45) is 0 Å². The van der Waals surface area contributed by atoms with Gasteiger partial charge in [-0.3, -0.25) is 0 Å². The quantitative estimate of drug-likeness (QED) is 0.806. The Bertz CT molecular complexity index is 411. The maximum absolute atomic E-state index is 5.90. The fourth-order valence-electron chi connectivity index (χ4n) is 2.63. The highest BCUT2D eigenvalue weighted by Gasteiger charge is 2.21. The predicted molar refractivity (Wildman–Crippen MR) is 85.2 cm³/mol. The lowest BCUT2D eigenvalue weighted by atomic mass is 9.94.